The van der Waals surface area contributed by atoms with Gasteiger partial charge in [-0.25, -0.2) is 4.99 Å². The van der Waals surface area contributed by atoms with Gasteiger partial charge in [-0.3, -0.25) is 4.48 Å². The molecule has 0 bridgehead atoms. The van der Waals surface area contributed by atoms with Gasteiger partial charge in [0.25, 0.3) is 0 Å². The minimum absolute atomic E-state index is 0.674. The molecule has 2 heteroatoms. The minimum atomic E-state index is 0.674. The quantitative estimate of drug-likeness (QED) is 0.0972. The summed E-state index contributed by atoms with van der Waals surface area (Å²) in [7, 11) is 2.40. The van der Waals surface area contributed by atoms with Crippen molar-refractivity contribution in [3.8, 4) is 0 Å². The number of nitrogens with zero attached hydrogens (tertiary/aromatic N) is 2. The van der Waals surface area contributed by atoms with E-state index in [-0.39, 0.29) is 0 Å². The number of allylic oxidation sites excluding steroid dienone is 2. The Balaban J connectivity index is 1.87. The van der Waals surface area contributed by atoms with Crippen LogP contribution in [0.15, 0.2) is 17.1 Å². The van der Waals surface area contributed by atoms with Gasteiger partial charge >= 0.3 is 0 Å². The lowest BCUT2D eigenvalue weighted by Crippen LogP contribution is -2.49. The summed E-state index contributed by atoms with van der Waals surface area (Å²) in [5.74, 6) is 2.16. The van der Waals surface area contributed by atoms with Crippen LogP contribution in [0.5, 0.6) is 0 Å². The van der Waals surface area contributed by atoms with Crippen molar-refractivity contribution in [2.75, 3.05) is 26.7 Å². The van der Waals surface area contributed by atoms with Crippen molar-refractivity contribution in [1.29, 1.82) is 0 Å². The first-order valence-corrected chi connectivity index (χ1v) is 14.2. The highest BCUT2D eigenvalue weighted by Crippen LogP contribution is 2.23. The van der Waals surface area contributed by atoms with Gasteiger partial charge in [0.05, 0.1) is 20.1 Å². The fourth-order valence-corrected chi connectivity index (χ4v) is 5.26. The molecule has 0 amide bonds. The van der Waals surface area contributed by atoms with Crippen molar-refractivity contribution >= 4 is 5.84 Å². The maximum absolute atomic E-state index is 4.89. The molecule has 182 valence electrons. The fourth-order valence-electron chi connectivity index (χ4n) is 5.26. The second kappa shape index (κ2) is 18.9. The number of unbranched alkanes of at least 4 members (excludes halogenated alkanes) is 14. The molecule has 0 aromatic rings. The third-order valence-corrected chi connectivity index (χ3v) is 7.23. The van der Waals surface area contributed by atoms with E-state index in [1.165, 1.54) is 134 Å². The molecule has 0 saturated carbocycles. The van der Waals surface area contributed by atoms with Crippen LogP contribution in [0.25, 0.3) is 0 Å². The number of amidine groups is 1. The third-order valence-electron chi connectivity index (χ3n) is 7.23. The molecular weight excluding hydrogens is 376 g/mol. The van der Waals surface area contributed by atoms with E-state index in [0.29, 0.717) is 5.92 Å². The van der Waals surface area contributed by atoms with Crippen molar-refractivity contribution in [1.82, 2.24) is 0 Å². The Morgan fingerprint density at radius 1 is 0.742 bits per heavy atom. The zero-order chi connectivity index (χ0) is 22.6. The van der Waals surface area contributed by atoms with Crippen LogP contribution >= 0.6 is 0 Å². The maximum atomic E-state index is 4.89. The normalized spacial score (nSPS) is 19.9. The van der Waals surface area contributed by atoms with E-state index in [1.54, 1.807) is 0 Å². The summed E-state index contributed by atoms with van der Waals surface area (Å²) in [6, 6.07) is 0. The molecule has 1 heterocycles. The summed E-state index contributed by atoms with van der Waals surface area (Å²) in [5.41, 5.74) is 0. The van der Waals surface area contributed by atoms with E-state index >= 15 is 0 Å². The molecule has 0 aliphatic carbocycles. The zero-order valence-corrected chi connectivity index (χ0v) is 22.0. The van der Waals surface area contributed by atoms with Gasteiger partial charge < -0.3 is 0 Å². The number of rotatable bonds is 21. The van der Waals surface area contributed by atoms with E-state index in [2.05, 4.69) is 40.0 Å². The molecule has 0 radical (unpaired) electrons. The van der Waals surface area contributed by atoms with Gasteiger partial charge in [0.1, 0.15) is 6.54 Å². The third kappa shape index (κ3) is 13.5. The van der Waals surface area contributed by atoms with Crippen molar-refractivity contribution in [2.24, 2.45) is 10.9 Å². The fraction of sp³-hybridized carbons (Fsp3) is 0.897. The average molecular weight is 434 g/mol. The Bertz CT molecular complexity index is 467. The number of hydrogen-bond acceptors (Lipinski definition) is 1. The summed E-state index contributed by atoms with van der Waals surface area (Å²) in [4.78, 5) is 4.89. The molecule has 0 saturated heterocycles. The Kier molecular flexibility index (Phi) is 17.3. The first-order valence-electron chi connectivity index (χ1n) is 14.2. The topological polar surface area (TPSA) is 12.4 Å². The van der Waals surface area contributed by atoms with Crippen LogP contribution in [-0.4, -0.2) is 37.0 Å². The Morgan fingerprint density at radius 3 is 1.81 bits per heavy atom. The van der Waals surface area contributed by atoms with Crippen LogP contribution in [0.4, 0.5) is 0 Å². The maximum Gasteiger partial charge on any atom is 0.201 e. The van der Waals surface area contributed by atoms with Gasteiger partial charge in [-0.2, -0.15) is 0 Å². The lowest BCUT2D eigenvalue weighted by atomic mass is 9.99. The van der Waals surface area contributed by atoms with Gasteiger partial charge in [-0.1, -0.05) is 110 Å². The van der Waals surface area contributed by atoms with Crippen LogP contribution in [0, 0.1) is 5.92 Å². The second-order valence-electron chi connectivity index (χ2n) is 10.4. The van der Waals surface area contributed by atoms with Crippen molar-refractivity contribution in [3.05, 3.63) is 12.2 Å². The molecule has 0 fully saturated rings. The van der Waals surface area contributed by atoms with Gasteiger partial charge in [0.2, 0.25) is 5.84 Å². The summed E-state index contributed by atoms with van der Waals surface area (Å²) in [6.45, 7) is 10.5. The molecule has 0 spiro atoms. The van der Waals surface area contributed by atoms with Gasteiger partial charge in [-0.15, -0.1) is 0 Å². The van der Waals surface area contributed by atoms with Crippen LogP contribution < -0.4 is 0 Å². The van der Waals surface area contributed by atoms with E-state index in [9.17, 15) is 0 Å². The van der Waals surface area contributed by atoms with Crippen LogP contribution in [-0.2, 0) is 0 Å². The predicted octanol–water partition coefficient (Wildman–Crippen LogP) is 9.10. The molecule has 0 aromatic heterocycles. The molecule has 2 nitrogen and oxygen atoms in total. The zero-order valence-electron chi connectivity index (χ0n) is 22.0. The molecular formula is C29H57N2+. The Morgan fingerprint density at radius 2 is 1.26 bits per heavy atom. The molecule has 1 rings (SSSR count). The van der Waals surface area contributed by atoms with Crippen LogP contribution in [0.1, 0.15) is 136 Å². The number of hydrogen-bond donors (Lipinski definition) is 0. The molecule has 2 atom stereocenters. The van der Waals surface area contributed by atoms with E-state index in [0.717, 1.165) is 11.0 Å². The molecule has 31 heavy (non-hydrogen) atoms. The van der Waals surface area contributed by atoms with Crippen molar-refractivity contribution < 1.29 is 4.48 Å². The van der Waals surface area contributed by atoms with Gasteiger partial charge in [0, 0.05) is 5.92 Å². The van der Waals surface area contributed by atoms with Crippen LogP contribution in [0.2, 0.25) is 0 Å². The highest BCUT2D eigenvalue weighted by atomic mass is 15.4. The number of aliphatic imine (C=N–C) groups is 1. The number of quaternary nitrogens is 1. The summed E-state index contributed by atoms with van der Waals surface area (Å²) < 4.78 is 1.12. The lowest BCUT2D eigenvalue weighted by molar-refractivity contribution is -0.816. The van der Waals surface area contributed by atoms with Gasteiger partial charge in [0.15, 0.2) is 0 Å². The Hall–Kier alpha value is -0.630. The Labute approximate surface area is 196 Å². The molecule has 2 unspecified atom stereocenters. The van der Waals surface area contributed by atoms with E-state index in [1.807, 2.05) is 0 Å². The molecule has 0 N–H and O–H groups in total. The number of likely N-dealkylation sites (N-methyl/N-ethyl adjacent to an activating group) is 1. The molecule has 1 aliphatic rings. The first kappa shape index (κ1) is 28.4. The molecule has 0 aromatic carbocycles. The predicted molar refractivity (Wildman–Crippen MR) is 141 cm³/mol. The summed E-state index contributed by atoms with van der Waals surface area (Å²) >= 11 is 0. The SMILES string of the molecule is CCCCCCCC/C=C\CCCCCCCCCCC(C)C1=NCC[N+]1(C)CCC. The summed E-state index contributed by atoms with van der Waals surface area (Å²) in [5, 5.41) is 0. The first-order chi connectivity index (χ1) is 15.1. The molecule has 1 aliphatic heterocycles. The van der Waals surface area contributed by atoms with Crippen LogP contribution in [0.3, 0.4) is 0 Å². The van der Waals surface area contributed by atoms with E-state index < -0.39 is 0 Å². The standard InChI is InChI=1S/C29H57N2/c1-5-7-8-9-10-11-12-13-14-15-16-17-18-19-20-21-22-23-24-28(3)29-30-25-27-31(29,4)26-6-2/h13-14,28H,5-12,15-27H2,1-4H3/q+1/b14-13-. The summed E-state index contributed by atoms with van der Waals surface area (Å²) in [6.07, 6.45) is 29.9. The van der Waals surface area contributed by atoms with Crippen molar-refractivity contribution in [2.45, 2.75) is 136 Å². The highest BCUT2D eigenvalue weighted by Gasteiger charge is 2.35. The monoisotopic (exact) mass is 433 g/mol. The van der Waals surface area contributed by atoms with Gasteiger partial charge in [-0.05, 0) is 38.5 Å². The average Bonchev–Trinajstić information content (AvgIpc) is 3.14. The van der Waals surface area contributed by atoms with Crippen molar-refractivity contribution in [3.63, 3.8) is 0 Å². The van der Waals surface area contributed by atoms with E-state index in [4.69, 9.17) is 4.99 Å². The lowest BCUT2D eigenvalue weighted by Gasteiger charge is -2.32. The highest BCUT2D eigenvalue weighted by molar-refractivity contribution is 5.79. The second-order valence-corrected chi connectivity index (χ2v) is 10.4. The smallest absolute Gasteiger partial charge is 0.201 e. The minimum Gasteiger partial charge on any atom is -0.279 e. The largest absolute Gasteiger partial charge is 0.279 e.